The molecule has 0 aliphatic carbocycles. The molecule has 1 atom stereocenters. The minimum absolute atomic E-state index is 0.0337. The van der Waals surface area contributed by atoms with Gasteiger partial charge in [0.25, 0.3) is 0 Å². The lowest BCUT2D eigenvalue weighted by atomic mass is 9.77. The van der Waals surface area contributed by atoms with E-state index in [1.807, 2.05) is 0 Å². The monoisotopic (exact) mass is 313 g/mol. The summed E-state index contributed by atoms with van der Waals surface area (Å²) >= 11 is 3.61. The number of halogens is 1. The number of aryl methyl sites for hydroxylation is 1. The minimum atomic E-state index is -0.0337. The van der Waals surface area contributed by atoms with Gasteiger partial charge in [0.1, 0.15) is 5.75 Å². The molecule has 0 saturated heterocycles. The highest BCUT2D eigenvalue weighted by atomic mass is 79.9. The Morgan fingerprint density at radius 2 is 1.94 bits per heavy atom. The summed E-state index contributed by atoms with van der Waals surface area (Å²) in [5.41, 5.74) is 9.96. The molecule has 2 nitrogen and oxygen atoms in total. The van der Waals surface area contributed by atoms with Crippen LogP contribution >= 0.6 is 15.9 Å². The first-order valence-corrected chi connectivity index (χ1v) is 7.14. The number of ether oxygens (including phenoxy) is 1. The molecule has 0 fully saturated rings. The van der Waals surface area contributed by atoms with Gasteiger partial charge in [0.2, 0.25) is 0 Å². The second-order valence-corrected chi connectivity index (χ2v) is 6.42. The maximum Gasteiger partial charge on any atom is 0.126 e. The van der Waals surface area contributed by atoms with E-state index in [9.17, 15) is 0 Å². The molecule has 0 bridgehead atoms. The zero-order chi connectivity index (χ0) is 14.1. The van der Waals surface area contributed by atoms with Crippen LogP contribution in [0.25, 0.3) is 0 Å². The van der Waals surface area contributed by atoms with Crippen molar-refractivity contribution < 1.29 is 4.74 Å². The van der Waals surface area contributed by atoms with Crippen molar-refractivity contribution in [3.8, 4) is 5.75 Å². The molecule has 0 aromatic heterocycles. The van der Waals surface area contributed by atoms with E-state index in [4.69, 9.17) is 10.5 Å². The van der Waals surface area contributed by atoms with Gasteiger partial charge in [-0.3, -0.25) is 0 Å². The normalized spacial score (nSPS) is 13.6. The average Bonchev–Trinajstić information content (AvgIpc) is 2.32. The standard InChI is InChI=1S/C15H24BrNO/c1-7-15(4,5)14(17)12-10(3)11(16)8-9(2)13(12)18-6/h8,14H,7,17H2,1-6H3. The van der Waals surface area contributed by atoms with Gasteiger partial charge in [-0.05, 0) is 42.9 Å². The van der Waals surface area contributed by atoms with Crippen LogP contribution in [0.15, 0.2) is 10.5 Å². The molecule has 0 aliphatic heterocycles. The molecule has 1 aromatic carbocycles. The van der Waals surface area contributed by atoms with Gasteiger partial charge in [0, 0.05) is 16.1 Å². The molecule has 18 heavy (non-hydrogen) atoms. The Kier molecular flexibility index (Phi) is 4.84. The molecule has 1 aromatic rings. The number of hydrogen-bond donors (Lipinski definition) is 1. The van der Waals surface area contributed by atoms with E-state index in [1.54, 1.807) is 7.11 Å². The Hall–Kier alpha value is -0.540. The van der Waals surface area contributed by atoms with E-state index < -0.39 is 0 Å². The van der Waals surface area contributed by atoms with Crippen LogP contribution < -0.4 is 10.5 Å². The fourth-order valence-corrected chi connectivity index (χ4v) is 2.69. The maximum absolute atomic E-state index is 6.50. The van der Waals surface area contributed by atoms with Gasteiger partial charge < -0.3 is 10.5 Å². The molecule has 0 saturated carbocycles. The van der Waals surface area contributed by atoms with Crippen molar-refractivity contribution in [2.45, 2.75) is 47.1 Å². The second-order valence-electron chi connectivity index (χ2n) is 5.57. The molecule has 0 aliphatic rings. The molecule has 2 N–H and O–H groups in total. The highest BCUT2D eigenvalue weighted by Crippen LogP contribution is 2.43. The zero-order valence-electron chi connectivity index (χ0n) is 12.2. The van der Waals surface area contributed by atoms with Crippen LogP contribution in [-0.2, 0) is 0 Å². The third-order valence-corrected chi connectivity index (χ3v) is 4.80. The van der Waals surface area contributed by atoms with E-state index in [0.29, 0.717) is 0 Å². The molecule has 0 amide bonds. The van der Waals surface area contributed by atoms with Crippen LogP contribution in [0.2, 0.25) is 0 Å². The van der Waals surface area contributed by atoms with Crippen molar-refractivity contribution in [2.75, 3.05) is 7.11 Å². The third kappa shape index (κ3) is 2.72. The minimum Gasteiger partial charge on any atom is -0.496 e. The summed E-state index contributed by atoms with van der Waals surface area (Å²) in [6, 6.07) is 2.05. The molecule has 1 rings (SSSR count). The fourth-order valence-electron chi connectivity index (χ4n) is 2.13. The molecule has 102 valence electrons. The van der Waals surface area contributed by atoms with Gasteiger partial charge in [0.15, 0.2) is 0 Å². The molecule has 3 heteroatoms. The lowest BCUT2D eigenvalue weighted by Crippen LogP contribution is -2.30. The second kappa shape index (κ2) is 5.62. The van der Waals surface area contributed by atoms with Crippen LogP contribution in [0.3, 0.4) is 0 Å². The van der Waals surface area contributed by atoms with Crippen molar-refractivity contribution in [3.05, 3.63) is 27.2 Å². The molecule has 0 heterocycles. The van der Waals surface area contributed by atoms with Crippen molar-refractivity contribution in [1.29, 1.82) is 0 Å². The van der Waals surface area contributed by atoms with Crippen LogP contribution in [0.5, 0.6) is 5.75 Å². The van der Waals surface area contributed by atoms with E-state index in [1.165, 1.54) is 5.56 Å². The van der Waals surface area contributed by atoms with Crippen molar-refractivity contribution in [3.63, 3.8) is 0 Å². The van der Waals surface area contributed by atoms with Gasteiger partial charge in [-0.15, -0.1) is 0 Å². The Balaban J connectivity index is 3.47. The summed E-state index contributed by atoms with van der Waals surface area (Å²) in [5.74, 6) is 0.921. The Labute approximate surface area is 119 Å². The molecule has 1 unspecified atom stereocenters. The van der Waals surface area contributed by atoms with Crippen molar-refractivity contribution in [2.24, 2.45) is 11.1 Å². The number of rotatable bonds is 4. The summed E-state index contributed by atoms with van der Waals surface area (Å²) in [5, 5.41) is 0. The molecular formula is C15H24BrNO. The lowest BCUT2D eigenvalue weighted by Gasteiger charge is -2.33. The van der Waals surface area contributed by atoms with Gasteiger partial charge in [-0.1, -0.05) is 36.7 Å². The summed E-state index contributed by atoms with van der Waals surface area (Å²) in [6.45, 7) is 10.7. The average molecular weight is 314 g/mol. The Morgan fingerprint density at radius 3 is 2.39 bits per heavy atom. The van der Waals surface area contributed by atoms with Crippen LogP contribution in [0.4, 0.5) is 0 Å². The predicted molar refractivity (Wildman–Crippen MR) is 81.2 cm³/mol. The third-order valence-electron chi connectivity index (χ3n) is 3.98. The predicted octanol–water partition coefficient (Wildman–Crippen LogP) is 4.51. The van der Waals surface area contributed by atoms with Crippen LogP contribution in [0, 0.1) is 19.3 Å². The summed E-state index contributed by atoms with van der Waals surface area (Å²) < 4.78 is 6.67. The van der Waals surface area contributed by atoms with Gasteiger partial charge in [-0.25, -0.2) is 0 Å². The highest BCUT2D eigenvalue weighted by molar-refractivity contribution is 9.10. The topological polar surface area (TPSA) is 35.2 Å². The number of methoxy groups -OCH3 is 1. The van der Waals surface area contributed by atoms with E-state index >= 15 is 0 Å². The first-order chi connectivity index (χ1) is 8.26. The van der Waals surface area contributed by atoms with Gasteiger partial charge >= 0.3 is 0 Å². The van der Waals surface area contributed by atoms with E-state index in [-0.39, 0.29) is 11.5 Å². The van der Waals surface area contributed by atoms with Crippen molar-refractivity contribution >= 4 is 15.9 Å². The summed E-state index contributed by atoms with van der Waals surface area (Å²) in [7, 11) is 1.71. The SMILES string of the molecule is CCC(C)(C)C(N)c1c(C)c(Br)cc(C)c1OC. The maximum atomic E-state index is 6.50. The highest BCUT2D eigenvalue weighted by Gasteiger charge is 2.30. The smallest absolute Gasteiger partial charge is 0.126 e. The molecule has 0 radical (unpaired) electrons. The number of nitrogens with two attached hydrogens (primary N) is 1. The summed E-state index contributed by atoms with van der Waals surface area (Å²) in [6.07, 6.45) is 1.03. The van der Waals surface area contributed by atoms with E-state index in [2.05, 4.69) is 56.6 Å². The zero-order valence-corrected chi connectivity index (χ0v) is 13.8. The van der Waals surface area contributed by atoms with Gasteiger partial charge in [0.05, 0.1) is 7.11 Å². The number of hydrogen-bond acceptors (Lipinski definition) is 2. The number of benzene rings is 1. The first kappa shape index (κ1) is 15.5. The Bertz CT molecular complexity index is 441. The van der Waals surface area contributed by atoms with Crippen LogP contribution in [0.1, 0.15) is 49.9 Å². The largest absolute Gasteiger partial charge is 0.496 e. The van der Waals surface area contributed by atoms with Crippen molar-refractivity contribution in [1.82, 2.24) is 0 Å². The van der Waals surface area contributed by atoms with E-state index in [0.717, 1.165) is 27.8 Å². The lowest BCUT2D eigenvalue weighted by molar-refractivity contribution is 0.270. The van der Waals surface area contributed by atoms with Gasteiger partial charge in [-0.2, -0.15) is 0 Å². The fraction of sp³-hybridized carbons (Fsp3) is 0.600. The Morgan fingerprint density at radius 1 is 1.39 bits per heavy atom. The quantitative estimate of drug-likeness (QED) is 0.887. The summed E-state index contributed by atoms with van der Waals surface area (Å²) in [4.78, 5) is 0. The molecular weight excluding hydrogens is 290 g/mol. The van der Waals surface area contributed by atoms with Crippen LogP contribution in [-0.4, -0.2) is 7.11 Å². The molecule has 0 spiro atoms. The first-order valence-electron chi connectivity index (χ1n) is 6.35.